The molecule has 0 aliphatic carbocycles. The zero-order valence-electron chi connectivity index (χ0n) is 16.4. The highest BCUT2D eigenvalue weighted by Gasteiger charge is 2.17. The van der Waals surface area contributed by atoms with Crippen molar-refractivity contribution in [1.29, 1.82) is 0 Å². The molecule has 1 aromatic heterocycles. The van der Waals surface area contributed by atoms with E-state index in [0.29, 0.717) is 42.6 Å². The summed E-state index contributed by atoms with van der Waals surface area (Å²) in [7, 11) is 1.37. The van der Waals surface area contributed by atoms with Gasteiger partial charge in [-0.2, -0.15) is 5.10 Å². The number of nitrogens with one attached hydrogen (secondary N) is 2. The van der Waals surface area contributed by atoms with Crippen LogP contribution in [0.25, 0.3) is 0 Å². The van der Waals surface area contributed by atoms with Gasteiger partial charge >= 0.3 is 5.97 Å². The molecule has 29 heavy (non-hydrogen) atoms. The fourth-order valence-electron chi connectivity index (χ4n) is 3.06. The largest absolute Gasteiger partial charge is 0.494 e. The highest BCUT2D eigenvalue weighted by atomic mass is 35.5. The van der Waals surface area contributed by atoms with Crippen molar-refractivity contribution in [3.63, 3.8) is 0 Å². The van der Waals surface area contributed by atoms with Crippen molar-refractivity contribution in [2.24, 2.45) is 0 Å². The molecule has 0 bridgehead atoms. The number of amides is 1. The molecule has 3 rings (SSSR count). The summed E-state index contributed by atoms with van der Waals surface area (Å²) in [6.07, 6.45) is 4.95. The van der Waals surface area contributed by atoms with Crippen LogP contribution in [0.2, 0.25) is 0 Å². The van der Waals surface area contributed by atoms with Gasteiger partial charge in [-0.25, -0.2) is 0 Å². The van der Waals surface area contributed by atoms with E-state index in [1.807, 2.05) is 10.9 Å². The molecule has 1 aromatic carbocycles. The van der Waals surface area contributed by atoms with E-state index in [0.717, 1.165) is 25.9 Å². The molecule has 1 saturated heterocycles. The molecule has 1 fully saturated rings. The summed E-state index contributed by atoms with van der Waals surface area (Å²) in [5.41, 5.74) is 1.06. The molecule has 0 radical (unpaired) electrons. The molecule has 1 aliphatic heterocycles. The molecule has 2 aromatic rings. The smallest absolute Gasteiger partial charge is 0.305 e. The SMILES string of the molecule is COC(=O)CCCOc1ccc(NC(=O)c2ccn(C3CCCNC3)n2)cc1.Cl. The summed E-state index contributed by atoms with van der Waals surface area (Å²) in [5, 5.41) is 10.6. The van der Waals surface area contributed by atoms with Gasteiger partial charge in [-0.15, -0.1) is 12.4 Å². The monoisotopic (exact) mass is 422 g/mol. The number of carbonyl (C=O) groups excluding carboxylic acids is 2. The first-order valence-corrected chi connectivity index (χ1v) is 9.52. The highest BCUT2D eigenvalue weighted by molar-refractivity contribution is 6.02. The molecule has 0 spiro atoms. The van der Waals surface area contributed by atoms with Gasteiger partial charge in [0.2, 0.25) is 0 Å². The average Bonchev–Trinajstić information content (AvgIpc) is 3.23. The molecule has 1 amide bonds. The normalized spacial score (nSPS) is 15.8. The quantitative estimate of drug-likeness (QED) is 0.501. The van der Waals surface area contributed by atoms with Crippen molar-refractivity contribution in [2.75, 3.05) is 32.1 Å². The van der Waals surface area contributed by atoms with E-state index in [1.165, 1.54) is 7.11 Å². The van der Waals surface area contributed by atoms with Crippen LogP contribution in [-0.2, 0) is 9.53 Å². The molecular formula is C20H27ClN4O4. The Balaban J connectivity index is 0.00000300. The molecular weight excluding hydrogens is 396 g/mol. The van der Waals surface area contributed by atoms with Gasteiger partial charge in [0, 0.05) is 24.8 Å². The number of esters is 1. The maximum absolute atomic E-state index is 12.4. The van der Waals surface area contributed by atoms with Crippen LogP contribution in [0.5, 0.6) is 5.75 Å². The molecule has 1 aliphatic rings. The fourth-order valence-corrected chi connectivity index (χ4v) is 3.06. The lowest BCUT2D eigenvalue weighted by Gasteiger charge is -2.22. The van der Waals surface area contributed by atoms with Crippen LogP contribution in [0.15, 0.2) is 36.5 Å². The van der Waals surface area contributed by atoms with Crippen molar-refractivity contribution in [3.8, 4) is 5.75 Å². The molecule has 9 heteroatoms. The predicted molar refractivity (Wildman–Crippen MR) is 112 cm³/mol. The first-order valence-electron chi connectivity index (χ1n) is 9.52. The van der Waals surface area contributed by atoms with Gasteiger partial charge in [0.15, 0.2) is 5.69 Å². The number of anilines is 1. The number of ether oxygens (including phenoxy) is 2. The van der Waals surface area contributed by atoms with Gasteiger partial charge < -0.3 is 20.1 Å². The van der Waals surface area contributed by atoms with Crippen LogP contribution in [-0.4, -0.2) is 48.5 Å². The molecule has 0 saturated carbocycles. The lowest BCUT2D eigenvalue weighted by Crippen LogP contribution is -2.32. The lowest BCUT2D eigenvalue weighted by molar-refractivity contribution is -0.140. The van der Waals surface area contributed by atoms with Crippen molar-refractivity contribution < 1.29 is 19.1 Å². The Bertz CT molecular complexity index is 788. The number of aromatic nitrogens is 2. The van der Waals surface area contributed by atoms with E-state index in [-0.39, 0.29) is 24.3 Å². The van der Waals surface area contributed by atoms with E-state index in [1.54, 1.807) is 30.3 Å². The van der Waals surface area contributed by atoms with Gasteiger partial charge in [-0.1, -0.05) is 0 Å². The topological polar surface area (TPSA) is 94.5 Å². The van der Waals surface area contributed by atoms with Gasteiger partial charge in [-0.3, -0.25) is 14.3 Å². The van der Waals surface area contributed by atoms with E-state index in [9.17, 15) is 9.59 Å². The number of hydrogen-bond acceptors (Lipinski definition) is 6. The fraction of sp³-hybridized carbons (Fsp3) is 0.450. The third kappa shape index (κ3) is 6.76. The van der Waals surface area contributed by atoms with Crippen LogP contribution >= 0.6 is 12.4 Å². The van der Waals surface area contributed by atoms with Gasteiger partial charge in [0.05, 0.1) is 19.8 Å². The van der Waals surface area contributed by atoms with Crippen LogP contribution in [0.1, 0.15) is 42.2 Å². The van der Waals surface area contributed by atoms with Crippen molar-refractivity contribution in [2.45, 2.75) is 31.7 Å². The summed E-state index contributed by atoms with van der Waals surface area (Å²) in [6.45, 7) is 2.34. The van der Waals surface area contributed by atoms with E-state index >= 15 is 0 Å². The molecule has 158 valence electrons. The van der Waals surface area contributed by atoms with Gasteiger partial charge in [-0.05, 0) is 56.1 Å². The first kappa shape index (κ1) is 22.7. The molecule has 2 heterocycles. The van der Waals surface area contributed by atoms with Gasteiger partial charge in [0.1, 0.15) is 5.75 Å². The number of piperidine rings is 1. The molecule has 1 unspecified atom stereocenters. The number of methoxy groups -OCH3 is 1. The minimum atomic E-state index is -0.246. The third-order valence-corrected chi connectivity index (χ3v) is 4.62. The number of rotatable bonds is 8. The second kappa shape index (κ2) is 11.4. The number of nitrogens with zero attached hydrogens (tertiary/aromatic N) is 2. The lowest BCUT2D eigenvalue weighted by atomic mass is 10.1. The zero-order valence-corrected chi connectivity index (χ0v) is 17.2. The summed E-state index contributed by atoms with van der Waals surface area (Å²) in [4.78, 5) is 23.5. The Labute approximate surface area is 176 Å². The maximum Gasteiger partial charge on any atom is 0.305 e. The summed E-state index contributed by atoms with van der Waals surface area (Å²) >= 11 is 0. The maximum atomic E-state index is 12.4. The summed E-state index contributed by atoms with van der Waals surface area (Å²) in [5.74, 6) is 0.190. The van der Waals surface area contributed by atoms with E-state index < -0.39 is 0 Å². The summed E-state index contributed by atoms with van der Waals surface area (Å²) < 4.78 is 12.0. The predicted octanol–water partition coefficient (Wildman–Crippen LogP) is 2.81. The Morgan fingerprint density at radius 1 is 1.28 bits per heavy atom. The number of carbonyl (C=O) groups is 2. The van der Waals surface area contributed by atoms with Crippen LogP contribution in [0.4, 0.5) is 5.69 Å². The van der Waals surface area contributed by atoms with E-state index in [2.05, 4.69) is 20.5 Å². The second-order valence-corrected chi connectivity index (χ2v) is 6.69. The van der Waals surface area contributed by atoms with E-state index in [4.69, 9.17) is 4.74 Å². The Hall–Kier alpha value is -2.58. The number of hydrogen-bond donors (Lipinski definition) is 2. The van der Waals surface area contributed by atoms with Crippen LogP contribution in [0, 0.1) is 0 Å². The Morgan fingerprint density at radius 3 is 2.76 bits per heavy atom. The molecule has 1 atom stereocenters. The standard InChI is InChI=1S/C20H26N4O4.ClH/c1-27-19(25)5-3-13-28-17-8-6-15(7-9-17)22-20(26)18-10-12-24(23-18)16-4-2-11-21-14-16;/h6-10,12,16,21H,2-5,11,13-14H2,1H3,(H,22,26);1H. The minimum absolute atomic E-state index is 0. The van der Waals surface area contributed by atoms with Crippen molar-refractivity contribution >= 4 is 30.0 Å². The first-order chi connectivity index (χ1) is 13.7. The molecule has 2 N–H and O–H groups in total. The number of benzene rings is 1. The second-order valence-electron chi connectivity index (χ2n) is 6.69. The minimum Gasteiger partial charge on any atom is -0.494 e. The average molecular weight is 423 g/mol. The van der Waals surface area contributed by atoms with Crippen molar-refractivity contribution in [3.05, 3.63) is 42.2 Å². The number of halogens is 1. The highest BCUT2D eigenvalue weighted by Crippen LogP contribution is 2.18. The van der Waals surface area contributed by atoms with Crippen molar-refractivity contribution in [1.82, 2.24) is 15.1 Å². The Morgan fingerprint density at radius 2 is 2.07 bits per heavy atom. The summed E-state index contributed by atoms with van der Waals surface area (Å²) in [6, 6.07) is 9.14. The van der Waals surface area contributed by atoms with Crippen LogP contribution < -0.4 is 15.4 Å². The van der Waals surface area contributed by atoms with Crippen LogP contribution in [0.3, 0.4) is 0 Å². The zero-order chi connectivity index (χ0) is 19.8. The third-order valence-electron chi connectivity index (χ3n) is 4.62. The Kier molecular flexibility index (Phi) is 8.95. The van der Waals surface area contributed by atoms with Gasteiger partial charge in [0.25, 0.3) is 5.91 Å². The molecule has 8 nitrogen and oxygen atoms in total.